The second kappa shape index (κ2) is 4.66. The zero-order valence-electron chi connectivity index (χ0n) is 8.73. The van der Waals surface area contributed by atoms with E-state index in [0.717, 1.165) is 18.3 Å². The predicted octanol–water partition coefficient (Wildman–Crippen LogP) is 3.59. The lowest BCUT2D eigenvalue weighted by atomic mass is 10.1. The van der Waals surface area contributed by atoms with Crippen molar-refractivity contribution in [3.05, 3.63) is 57.2 Å². The van der Waals surface area contributed by atoms with Gasteiger partial charge in [0, 0.05) is 17.8 Å². The largest absolute Gasteiger partial charge is 0.297 e. The molecule has 2 rings (SSSR count). The summed E-state index contributed by atoms with van der Waals surface area (Å²) in [7, 11) is 0. The lowest BCUT2D eigenvalue weighted by molar-refractivity contribution is -0.384. The van der Waals surface area contributed by atoms with Crippen molar-refractivity contribution in [1.29, 1.82) is 0 Å². The summed E-state index contributed by atoms with van der Waals surface area (Å²) in [6, 6.07) is 4.41. The first-order valence-corrected chi connectivity index (χ1v) is 5.13. The summed E-state index contributed by atoms with van der Waals surface area (Å²) < 4.78 is 26.6. The van der Waals surface area contributed by atoms with Crippen LogP contribution in [0.15, 0.2) is 30.5 Å². The minimum atomic E-state index is -1.18. The second-order valence-electron chi connectivity index (χ2n) is 3.38. The molecule has 0 aliphatic rings. The molecule has 0 fully saturated rings. The van der Waals surface area contributed by atoms with Crippen LogP contribution in [0.4, 0.5) is 14.5 Å². The topological polar surface area (TPSA) is 56.0 Å². The Morgan fingerprint density at radius 1 is 1.33 bits per heavy atom. The molecule has 0 saturated carbocycles. The average molecular weight is 271 g/mol. The van der Waals surface area contributed by atoms with Gasteiger partial charge in [-0.3, -0.25) is 10.1 Å². The summed E-state index contributed by atoms with van der Waals surface area (Å²) in [6.45, 7) is 0. The molecule has 0 aliphatic carbocycles. The number of benzene rings is 1. The third-order valence-corrected chi connectivity index (χ3v) is 2.44. The molecule has 18 heavy (non-hydrogen) atoms. The van der Waals surface area contributed by atoms with Crippen LogP contribution in [0.2, 0.25) is 5.02 Å². The third-order valence-electron chi connectivity index (χ3n) is 2.24. The molecular formula is C11H5ClF2N2O2. The van der Waals surface area contributed by atoms with Gasteiger partial charge in [0.1, 0.15) is 0 Å². The summed E-state index contributed by atoms with van der Waals surface area (Å²) in [5.74, 6) is -2.28. The normalized spacial score (nSPS) is 10.4. The van der Waals surface area contributed by atoms with E-state index in [0.29, 0.717) is 0 Å². The molecule has 0 bridgehead atoms. The molecular weight excluding hydrogens is 266 g/mol. The number of rotatable bonds is 2. The van der Waals surface area contributed by atoms with Crippen molar-refractivity contribution in [3.63, 3.8) is 0 Å². The van der Waals surface area contributed by atoms with Gasteiger partial charge in [-0.2, -0.15) is 0 Å². The fourth-order valence-corrected chi connectivity index (χ4v) is 1.61. The first-order valence-electron chi connectivity index (χ1n) is 4.75. The minimum absolute atomic E-state index is 0.0438. The van der Waals surface area contributed by atoms with Gasteiger partial charge in [0.05, 0.1) is 9.95 Å². The zero-order chi connectivity index (χ0) is 13.3. The highest BCUT2D eigenvalue weighted by Gasteiger charge is 2.21. The molecule has 2 aromatic rings. The number of hydrogen-bond donors (Lipinski definition) is 0. The van der Waals surface area contributed by atoms with E-state index in [1.807, 2.05) is 0 Å². The standard InChI is InChI=1S/C11H5ClF2N2O2/c12-6-4-9(16(17)18)11(15-5-6)7-2-1-3-8(13)10(7)14/h1-5H. The Bertz CT molecular complexity index is 634. The van der Waals surface area contributed by atoms with Crippen LogP contribution in [-0.4, -0.2) is 9.91 Å². The minimum Gasteiger partial charge on any atom is -0.258 e. The van der Waals surface area contributed by atoms with Crippen LogP contribution in [0.5, 0.6) is 0 Å². The summed E-state index contributed by atoms with van der Waals surface area (Å²) in [6.07, 6.45) is 1.13. The maximum atomic E-state index is 13.6. The number of aromatic nitrogens is 1. The summed E-state index contributed by atoms with van der Waals surface area (Å²) >= 11 is 5.58. The van der Waals surface area contributed by atoms with E-state index in [2.05, 4.69) is 4.98 Å². The first kappa shape index (κ1) is 12.4. The third kappa shape index (κ3) is 2.14. The molecule has 0 radical (unpaired) electrons. The molecule has 1 aromatic carbocycles. The van der Waals surface area contributed by atoms with Crippen LogP contribution in [0, 0.1) is 21.7 Å². The van der Waals surface area contributed by atoms with E-state index in [1.54, 1.807) is 0 Å². The summed E-state index contributed by atoms with van der Waals surface area (Å²) in [4.78, 5) is 13.8. The van der Waals surface area contributed by atoms with Gasteiger partial charge in [-0.1, -0.05) is 17.7 Å². The van der Waals surface area contributed by atoms with Crippen molar-refractivity contribution >= 4 is 17.3 Å². The highest BCUT2D eigenvalue weighted by atomic mass is 35.5. The van der Waals surface area contributed by atoms with Gasteiger partial charge in [0.15, 0.2) is 17.3 Å². The molecule has 92 valence electrons. The van der Waals surface area contributed by atoms with E-state index in [-0.39, 0.29) is 16.3 Å². The lowest BCUT2D eigenvalue weighted by Crippen LogP contribution is -1.97. The maximum Gasteiger partial charge on any atom is 0.297 e. The molecule has 0 saturated heterocycles. The smallest absolute Gasteiger partial charge is 0.258 e. The fourth-order valence-electron chi connectivity index (χ4n) is 1.46. The van der Waals surface area contributed by atoms with Crippen LogP contribution in [0.3, 0.4) is 0 Å². The Labute approximate surface area is 105 Å². The van der Waals surface area contributed by atoms with Crippen LogP contribution < -0.4 is 0 Å². The Morgan fingerprint density at radius 3 is 2.72 bits per heavy atom. The molecule has 0 atom stereocenters. The molecule has 4 nitrogen and oxygen atoms in total. The monoisotopic (exact) mass is 270 g/mol. The second-order valence-corrected chi connectivity index (χ2v) is 3.82. The van der Waals surface area contributed by atoms with Gasteiger partial charge in [-0.15, -0.1) is 0 Å². The van der Waals surface area contributed by atoms with Crippen molar-refractivity contribution in [2.45, 2.75) is 0 Å². The Balaban J connectivity index is 2.71. The van der Waals surface area contributed by atoms with E-state index in [9.17, 15) is 18.9 Å². The molecule has 0 unspecified atom stereocenters. The first-order chi connectivity index (χ1) is 8.50. The summed E-state index contributed by atoms with van der Waals surface area (Å²) in [5, 5.41) is 10.9. The Hall–Kier alpha value is -2.08. The zero-order valence-corrected chi connectivity index (χ0v) is 9.49. The molecule has 0 amide bonds. The lowest BCUT2D eigenvalue weighted by Gasteiger charge is -2.04. The van der Waals surface area contributed by atoms with Gasteiger partial charge in [0.2, 0.25) is 0 Å². The van der Waals surface area contributed by atoms with Crippen molar-refractivity contribution in [2.24, 2.45) is 0 Å². The average Bonchev–Trinajstić information content (AvgIpc) is 2.33. The number of hydrogen-bond acceptors (Lipinski definition) is 3. The maximum absolute atomic E-state index is 13.6. The van der Waals surface area contributed by atoms with Crippen molar-refractivity contribution in [2.75, 3.05) is 0 Å². The van der Waals surface area contributed by atoms with Crippen LogP contribution in [0.1, 0.15) is 0 Å². The van der Waals surface area contributed by atoms with E-state index < -0.39 is 22.2 Å². The van der Waals surface area contributed by atoms with Gasteiger partial charge in [0.25, 0.3) is 5.69 Å². The molecule has 7 heteroatoms. The van der Waals surface area contributed by atoms with Crippen LogP contribution in [-0.2, 0) is 0 Å². The van der Waals surface area contributed by atoms with Gasteiger partial charge < -0.3 is 0 Å². The van der Waals surface area contributed by atoms with Gasteiger partial charge >= 0.3 is 0 Å². The van der Waals surface area contributed by atoms with Gasteiger partial charge in [-0.25, -0.2) is 13.8 Å². The number of pyridine rings is 1. The Morgan fingerprint density at radius 2 is 2.06 bits per heavy atom. The highest BCUT2D eigenvalue weighted by molar-refractivity contribution is 6.30. The predicted molar refractivity (Wildman–Crippen MR) is 61.3 cm³/mol. The van der Waals surface area contributed by atoms with E-state index in [4.69, 9.17) is 11.6 Å². The number of nitro groups is 1. The molecule has 1 heterocycles. The Kier molecular flexibility index (Phi) is 3.20. The number of nitrogens with zero attached hydrogens (tertiary/aromatic N) is 2. The highest BCUT2D eigenvalue weighted by Crippen LogP contribution is 2.32. The fraction of sp³-hybridized carbons (Fsp3) is 0. The molecule has 0 spiro atoms. The van der Waals surface area contributed by atoms with Crippen molar-refractivity contribution in [1.82, 2.24) is 4.98 Å². The van der Waals surface area contributed by atoms with Crippen LogP contribution >= 0.6 is 11.6 Å². The van der Waals surface area contributed by atoms with E-state index in [1.165, 1.54) is 12.1 Å². The number of halogens is 3. The molecule has 1 aromatic heterocycles. The summed E-state index contributed by atoms with van der Waals surface area (Å²) in [5.41, 5.74) is -1.02. The SMILES string of the molecule is O=[N+]([O-])c1cc(Cl)cnc1-c1cccc(F)c1F. The molecule has 0 aliphatic heterocycles. The van der Waals surface area contributed by atoms with E-state index >= 15 is 0 Å². The van der Waals surface area contributed by atoms with Crippen LogP contribution in [0.25, 0.3) is 11.3 Å². The van der Waals surface area contributed by atoms with Gasteiger partial charge in [-0.05, 0) is 12.1 Å². The quantitative estimate of drug-likeness (QED) is 0.619. The van der Waals surface area contributed by atoms with Crippen molar-refractivity contribution in [3.8, 4) is 11.3 Å². The van der Waals surface area contributed by atoms with Crippen molar-refractivity contribution < 1.29 is 13.7 Å². The molecule has 0 N–H and O–H groups in total.